The topological polar surface area (TPSA) is 124 Å². The lowest BCUT2D eigenvalue weighted by molar-refractivity contribution is 0.0765. The number of aromatic nitrogens is 3. The first-order valence-corrected chi connectivity index (χ1v) is 13.6. The number of anilines is 1. The van der Waals surface area contributed by atoms with Gasteiger partial charge in [-0.1, -0.05) is 12.1 Å². The standard InChI is InChI=1S/C30H32FN5O4/c1-40-26-5-3-2-4-22(26)27-23-13-18(15-32-29(23)35-34-27)17-12-24(30(39)36-11-10-21(38)16-36)28(25(31)14-17)33-19-6-8-20(37)9-7-19/h2-5,12-15,19-21,33,37-38H,6-11,16H2,1H3,(H,32,34,35)/t19-,20-,21?. The highest BCUT2D eigenvalue weighted by Crippen LogP contribution is 2.36. The summed E-state index contributed by atoms with van der Waals surface area (Å²) in [6, 6.07) is 12.5. The van der Waals surface area contributed by atoms with Gasteiger partial charge in [-0.15, -0.1) is 0 Å². The van der Waals surface area contributed by atoms with Crippen molar-refractivity contribution in [1.29, 1.82) is 0 Å². The SMILES string of the molecule is COc1ccccc1-c1n[nH]c2ncc(-c3cc(F)c(N[C@H]4CC[C@H](O)CC4)c(C(=O)N4CCC(O)C4)c3)cc12. The van der Waals surface area contributed by atoms with Crippen molar-refractivity contribution >= 4 is 22.6 Å². The molecule has 1 amide bonds. The number of β-amino-alcohol motifs (C(OH)–C–C–N with tert-alkyl or cyclic N) is 1. The summed E-state index contributed by atoms with van der Waals surface area (Å²) in [6.07, 6.45) is 3.82. The molecule has 2 fully saturated rings. The molecule has 1 atom stereocenters. The number of halogens is 1. The molecule has 0 bridgehead atoms. The number of carbonyl (C=O) groups is 1. The Kier molecular flexibility index (Phi) is 7.12. The van der Waals surface area contributed by atoms with Gasteiger partial charge < -0.3 is 25.2 Å². The molecule has 1 saturated carbocycles. The minimum atomic E-state index is -0.589. The van der Waals surface area contributed by atoms with Crippen molar-refractivity contribution in [1.82, 2.24) is 20.1 Å². The van der Waals surface area contributed by atoms with E-state index in [2.05, 4.69) is 20.5 Å². The molecule has 1 aliphatic carbocycles. The number of nitrogens with one attached hydrogen (secondary N) is 2. The van der Waals surface area contributed by atoms with Gasteiger partial charge in [0, 0.05) is 41.8 Å². The Morgan fingerprint density at radius 1 is 1.07 bits per heavy atom. The molecular weight excluding hydrogens is 513 g/mol. The van der Waals surface area contributed by atoms with Crippen LogP contribution in [0.25, 0.3) is 33.4 Å². The summed E-state index contributed by atoms with van der Waals surface area (Å²) in [7, 11) is 1.60. The maximum Gasteiger partial charge on any atom is 0.256 e. The molecule has 9 nitrogen and oxygen atoms in total. The number of fused-ring (bicyclic) bond motifs is 1. The lowest BCUT2D eigenvalue weighted by Crippen LogP contribution is -2.33. The Morgan fingerprint density at radius 2 is 1.88 bits per heavy atom. The van der Waals surface area contributed by atoms with E-state index < -0.39 is 11.9 Å². The zero-order valence-corrected chi connectivity index (χ0v) is 22.2. The molecule has 0 radical (unpaired) electrons. The molecule has 6 rings (SSSR count). The molecule has 2 aliphatic rings. The highest BCUT2D eigenvalue weighted by molar-refractivity contribution is 6.02. The number of rotatable bonds is 6. The summed E-state index contributed by atoms with van der Waals surface area (Å²) < 4.78 is 21.4. The quantitative estimate of drug-likeness (QED) is 0.284. The highest BCUT2D eigenvalue weighted by Gasteiger charge is 2.30. The van der Waals surface area contributed by atoms with Crippen LogP contribution in [0, 0.1) is 5.82 Å². The van der Waals surface area contributed by atoms with Gasteiger partial charge >= 0.3 is 0 Å². The smallest absolute Gasteiger partial charge is 0.256 e. The van der Waals surface area contributed by atoms with E-state index in [0.717, 1.165) is 10.9 Å². The number of aliphatic hydroxyl groups is 2. The summed E-state index contributed by atoms with van der Waals surface area (Å²) >= 11 is 0. The Hall–Kier alpha value is -4.02. The van der Waals surface area contributed by atoms with Crippen LogP contribution in [0.15, 0.2) is 48.7 Å². The molecule has 208 valence electrons. The van der Waals surface area contributed by atoms with Crippen molar-refractivity contribution in [3.63, 3.8) is 0 Å². The number of aliphatic hydroxyl groups excluding tert-OH is 2. The predicted octanol–water partition coefficient (Wildman–Crippen LogP) is 4.36. The number of methoxy groups -OCH3 is 1. The Bertz CT molecular complexity index is 1550. The molecule has 0 spiro atoms. The van der Waals surface area contributed by atoms with E-state index in [1.807, 2.05) is 30.3 Å². The van der Waals surface area contributed by atoms with Crippen LogP contribution < -0.4 is 10.1 Å². The van der Waals surface area contributed by atoms with E-state index in [9.17, 15) is 15.0 Å². The van der Waals surface area contributed by atoms with Crippen LogP contribution in [0.2, 0.25) is 0 Å². The number of benzene rings is 2. The van der Waals surface area contributed by atoms with Crippen LogP contribution in [0.5, 0.6) is 5.75 Å². The number of ether oxygens (including phenoxy) is 1. The van der Waals surface area contributed by atoms with Gasteiger partial charge in [0.25, 0.3) is 5.91 Å². The van der Waals surface area contributed by atoms with Gasteiger partial charge in [0.1, 0.15) is 17.3 Å². The summed E-state index contributed by atoms with van der Waals surface area (Å²) in [5, 5.41) is 31.4. The van der Waals surface area contributed by atoms with Crippen LogP contribution in [0.4, 0.5) is 10.1 Å². The number of amides is 1. The van der Waals surface area contributed by atoms with Gasteiger partial charge in [0.05, 0.1) is 30.6 Å². The zero-order chi connectivity index (χ0) is 27.8. The molecule has 2 aromatic carbocycles. The summed E-state index contributed by atoms with van der Waals surface area (Å²) in [5.74, 6) is -0.203. The summed E-state index contributed by atoms with van der Waals surface area (Å²) in [4.78, 5) is 19.7. The molecule has 1 unspecified atom stereocenters. The molecule has 1 saturated heterocycles. The normalized spacial score (nSPS) is 21.1. The highest BCUT2D eigenvalue weighted by atomic mass is 19.1. The number of nitrogens with zero attached hydrogens (tertiary/aromatic N) is 3. The van der Waals surface area contributed by atoms with Crippen LogP contribution >= 0.6 is 0 Å². The third-order valence-corrected chi connectivity index (χ3v) is 7.93. The van der Waals surface area contributed by atoms with Crippen molar-refractivity contribution in [3.8, 4) is 28.1 Å². The fraction of sp³-hybridized carbons (Fsp3) is 0.367. The maximum atomic E-state index is 15.9. The van der Waals surface area contributed by atoms with Crippen LogP contribution in [0.3, 0.4) is 0 Å². The van der Waals surface area contributed by atoms with Crippen molar-refractivity contribution in [3.05, 3.63) is 60.0 Å². The number of para-hydroxylation sites is 1. The fourth-order valence-corrected chi connectivity index (χ4v) is 5.72. The van der Waals surface area contributed by atoms with Gasteiger partial charge in [-0.05, 0) is 68.0 Å². The summed E-state index contributed by atoms with van der Waals surface area (Å²) in [6.45, 7) is 0.621. The molecule has 4 aromatic rings. The zero-order valence-electron chi connectivity index (χ0n) is 22.2. The minimum absolute atomic E-state index is 0.0492. The molecule has 40 heavy (non-hydrogen) atoms. The molecule has 10 heteroatoms. The van der Waals surface area contributed by atoms with Crippen LogP contribution in [0.1, 0.15) is 42.5 Å². The number of hydrogen-bond donors (Lipinski definition) is 4. The first-order valence-electron chi connectivity index (χ1n) is 13.6. The lowest BCUT2D eigenvalue weighted by Gasteiger charge is -2.28. The second-order valence-electron chi connectivity index (χ2n) is 10.6. The number of carbonyl (C=O) groups excluding carboxylic acids is 1. The van der Waals surface area contributed by atoms with E-state index in [1.54, 1.807) is 24.3 Å². The van der Waals surface area contributed by atoms with Gasteiger partial charge in [0.15, 0.2) is 5.65 Å². The van der Waals surface area contributed by atoms with Gasteiger partial charge in [-0.3, -0.25) is 9.89 Å². The lowest BCUT2D eigenvalue weighted by atomic mass is 9.92. The number of pyridine rings is 1. The van der Waals surface area contributed by atoms with Crippen LogP contribution in [-0.2, 0) is 0 Å². The predicted molar refractivity (Wildman–Crippen MR) is 150 cm³/mol. The van der Waals surface area contributed by atoms with Crippen molar-refractivity contribution in [2.75, 3.05) is 25.5 Å². The number of H-pyrrole nitrogens is 1. The molecule has 2 aromatic heterocycles. The van der Waals surface area contributed by atoms with Crippen molar-refractivity contribution in [2.45, 2.75) is 50.4 Å². The van der Waals surface area contributed by atoms with Crippen molar-refractivity contribution < 1.29 is 24.1 Å². The molecular formula is C30H32FN5O4. The third kappa shape index (κ3) is 5.00. The van der Waals surface area contributed by atoms with E-state index in [-0.39, 0.29) is 35.8 Å². The second kappa shape index (κ2) is 10.9. The average Bonchev–Trinajstić information content (AvgIpc) is 3.60. The Balaban J connectivity index is 1.42. The van der Waals surface area contributed by atoms with Gasteiger partial charge in [0.2, 0.25) is 0 Å². The first kappa shape index (κ1) is 26.2. The van der Waals surface area contributed by atoms with Gasteiger partial charge in [-0.25, -0.2) is 9.37 Å². The van der Waals surface area contributed by atoms with Crippen molar-refractivity contribution in [2.24, 2.45) is 0 Å². The molecule has 1 aliphatic heterocycles. The first-order chi connectivity index (χ1) is 19.4. The fourth-order valence-electron chi connectivity index (χ4n) is 5.72. The largest absolute Gasteiger partial charge is 0.496 e. The minimum Gasteiger partial charge on any atom is -0.496 e. The van der Waals surface area contributed by atoms with E-state index in [1.165, 1.54) is 6.07 Å². The van der Waals surface area contributed by atoms with Gasteiger partial charge in [-0.2, -0.15) is 5.10 Å². The third-order valence-electron chi connectivity index (χ3n) is 7.93. The Labute approximate surface area is 231 Å². The number of hydrogen-bond acceptors (Lipinski definition) is 7. The monoisotopic (exact) mass is 545 g/mol. The maximum absolute atomic E-state index is 15.9. The van der Waals surface area contributed by atoms with Crippen LogP contribution in [-0.4, -0.2) is 74.7 Å². The van der Waals surface area contributed by atoms with E-state index in [4.69, 9.17) is 4.74 Å². The summed E-state index contributed by atoms with van der Waals surface area (Å²) in [5.41, 5.74) is 3.53. The molecule has 4 N–H and O–H groups in total. The van der Waals surface area contributed by atoms with E-state index >= 15 is 4.39 Å². The molecule has 3 heterocycles. The number of likely N-dealkylation sites (tertiary alicyclic amines) is 1. The Morgan fingerprint density at radius 3 is 2.62 bits per heavy atom. The average molecular weight is 546 g/mol. The second-order valence-corrected chi connectivity index (χ2v) is 10.6. The number of aromatic amines is 1. The van der Waals surface area contributed by atoms with E-state index in [0.29, 0.717) is 66.9 Å².